The number of fused-ring (bicyclic) bond motifs is 1. The Morgan fingerprint density at radius 1 is 0.865 bits per heavy atom. The van der Waals surface area contributed by atoms with Crippen molar-refractivity contribution in [2.75, 3.05) is 39.8 Å². The number of hydrogen-bond acceptors (Lipinski definition) is 11. The number of pyridine rings is 1. The molecule has 0 saturated heterocycles. The summed E-state index contributed by atoms with van der Waals surface area (Å²) >= 11 is 0. The van der Waals surface area contributed by atoms with Gasteiger partial charge in [0.1, 0.15) is 17.8 Å². The smallest absolute Gasteiger partial charge is 0.253 e. The van der Waals surface area contributed by atoms with Gasteiger partial charge in [0.25, 0.3) is 11.8 Å². The van der Waals surface area contributed by atoms with Gasteiger partial charge in [0.2, 0.25) is 35.4 Å². The van der Waals surface area contributed by atoms with E-state index < -0.39 is 53.5 Å². The van der Waals surface area contributed by atoms with Crippen molar-refractivity contribution in [3.8, 4) is 16.9 Å². The second-order valence-electron chi connectivity index (χ2n) is 19.2. The van der Waals surface area contributed by atoms with E-state index in [2.05, 4.69) is 31.3 Å². The van der Waals surface area contributed by atoms with Gasteiger partial charge in [0.05, 0.1) is 43.8 Å². The number of aliphatic hydroxyl groups is 1. The molecule has 1 aliphatic rings. The summed E-state index contributed by atoms with van der Waals surface area (Å²) < 4.78 is 39.7. The number of nitrogens with zero attached hydrogens (tertiary/aromatic N) is 6. The van der Waals surface area contributed by atoms with Crippen molar-refractivity contribution in [3.05, 3.63) is 119 Å². The summed E-state index contributed by atoms with van der Waals surface area (Å²) in [7, 11) is 3.36. The molecule has 3 aromatic heterocycles. The standard InChI is InChI=1S/C53H64F2N10O9/c1-33-37(49(61-63(33)6)51(72)53(2,3)4)23-26-74-50-38(17-18-39(54)48(50)55)35-16-19-41-57-28-36(65(41)31-35)32-62(5)45(69)22-24-56-52(73)40(27-34-13-9-7-10-14-34)60-44(68)30-59-43(67)29-58-42(66)15-11-8-12-25-64-46(70)20-21-47(64)71/h7,9-10,13-14,16-21,28,31,40,51,72H,8,11-12,15,22-27,29-30,32H2,1-6H3,(H,56,73)(H,58,66)(H,59,67)(H,60,68). The highest BCUT2D eigenvalue weighted by atomic mass is 19.2. The normalized spacial score (nSPS) is 13.2. The number of unbranched alkanes of at least 4 members (excludes halogenated alkanes) is 2. The number of imide groups is 1. The average molecular weight is 1020 g/mol. The molecule has 4 heterocycles. The first-order valence-electron chi connectivity index (χ1n) is 24.4. The molecule has 5 aromatic rings. The van der Waals surface area contributed by atoms with Crippen molar-refractivity contribution in [2.24, 2.45) is 12.5 Å². The number of hydrogen-bond donors (Lipinski definition) is 5. The fourth-order valence-corrected chi connectivity index (χ4v) is 8.21. The molecule has 394 valence electrons. The minimum Gasteiger partial charge on any atom is -0.489 e. The summed E-state index contributed by atoms with van der Waals surface area (Å²) in [6.07, 6.45) is 6.85. The number of aryl methyl sites for hydroxylation is 1. The van der Waals surface area contributed by atoms with Crippen LogP contribution in [-0.2, 0) is 60.0 Å². The van der Waals surface area contributed by atoms with Crippen LogP contribution in [0, 0.1) is 24.0 Å². The van der Waals surface area contributed by atoms with E-state index in [0.717, 1.165) is 27.8 Å². The van der Waals surface area contributed by atoms with Crippen LogP contribution in [0.25, 0.3) is 16.8 Å². The van der Waals surface area contributed by atoms with Gasteiger partial charge in [-0.3, -0.25) is 43.1 Å². The maximum atomic E-state index is 15.5. The highest BCUT2D eigenvalue weighted by Crippen LogP contribution is 2.37. The first-order chi connectivity index (χ1) is 35.2. The predicted molar refractivity (Wildman–Crippen MR) is 269 cm³/mol. The van der Waals surface area contributed by atoms with E-state index in [-0.39, 0.29) is 93.4 Å². The molecule has 19 nitrogen and oxygen atoms in total. The lowest BCUT2D eigenvalue weighted by Gasteiger charge is -2.25. The van der Waals surface area contributed by atoms with E-state index in [4.69, 9.17) is 4.74 Å². The number of ether oxygens (including phenoxy) is 1. The van der Waals surface area contributed by atoms with Gasteiger partial charge in [-0.25, -0.2) is 9.37 Å². The molecule has 5 N–H and O–H groups in total. The van der Waals surface area contributed by atoms with Crippen LogP contribution in [0.2, 0.25) is 0 Å². The number of carbonyl (C=O) groups is 7. The zero-order valence-electron chi connectivity index (χ0n) is 42.5. The number of amides is 7. The summed E-state index contributed by atoms with van der Waals surface area (Å²) in [6.45, 7) is 6.96. The number of carbonyl (C=O) groups excluding carboxylic acids is 7. The summed E-state index contributed by atoms with van der Waals surface area (Å²) in [5, 5.41) is 25.9. The van der Waals surface area contributed by atoms with Crippen LogP contribution in [0.5, 0.6) is 5.75 Å². The number of aromatic nitrogens is 4. The average Bonchev–Trinajstić information content (AvgIpc) is 4.02. The Kier molecular flexibility index (Phi) is 18.9. The van der Waals surface area contributed by atoms with Crippen molar-refractivity contribution in [1.82, 2.24) is 50.2 Å². The molecule has 0 radical (unpaired) electrons. The molecule has 74 heavy (non-hydrogen) atoms. The molecule has 21 heteroatoms. The number of aliphatic hydroxyl groups excluding tert-OH is 1. The van der Waals surface area contributed by atoms with Crippen molar-refractivity contribution in [2.45, 2.75) is 91.3 Å². The Bertz CT molecular complexity index is 2880. The monoisotopic (exact) mass is 1020 g/mol. The highest BCUT2D eigenvalue weighted by molar-refractivity contribution is 6.12. The van der Waals surface area contributed by atoms with Crippen molar-refractivity contribution >= 4 is 47.0 Å². The van der Waals surface area contributed by atoms with E-state index in [1.165, 1.54) is 23.1 Å². The molecular weight excluding hydrogens is 959 g/mol. The van der Waals surface area contributed by atoms with Gasteiger partial charge in [0, 0.05) is 93.6 Å². The maximum absolute atomic E-state index is 15.5. The molecule has 0 bridgehead atoms. The number of rotatable bonds is 25. The van der Waals surface area contributed by atoms with Gasteiger partial charge < -0.3 is 40.4 Å². The molecule has 1 aliphatic heterocycles. The maximum Gasteiger partial charge on any atom is 0.253 e. The van der Waals surface area contributed by atoms with Gasteiger partial charge >= 0.3 is 0 Å². The molecule has 2 aromatic carbocycles. The van der Waals surface area contributed by atoms with Crippen LogP contribution < -0.4 is 26.0 Å². The quantitative estimate of drug-likeness (QED) is 0.0415. The van der Waals surface area contributed by atoms with Crippen LogP contribution >= 0.6 is 0 Å². The third-order valence-corrected chi connectivity index (χ3v) is 12.6. The number of benzene rings is 2. The first-order valence-corrected chi connectivity index (χ1v) is 24.4. The minimum atomic E-state index is -1.16. The highest BCUT2D eigenvalue weighted by Gasteiger charge is 2.30. The van der Waals surface area contributed by atoms with Gasteiger partial charge in [0.15, 0.2) is 11.6 Å². The summed E-state index contributed by atoms with van der Waals surface area (Å²) in [5.41, 5.74) is 4.21. The van der Waals surface area contributed by atoms with E-state index >= 15 is 4.39 Å². The zero-order chi connectivity index (χ0) is 53.7. The molecule has 2 unspecified atom stereocenters. The number of nitrogens with one attached hydrogen (secondary N) is 4. The van der Waals surface area contributed by atoms with Crippen LogP contribution in [0.1, 0.15) is 87.2 Å². The lowest BCUT2D eigenvalue weighted by atomic mass is 9.85. The summed E-state index contributed by atoms with van der Waals surface area (Å²) in [4.78, 5) is 95.0. The summed E-state index contributed by atoms with van der Waals surface area (Å²) in [5.74, 6) is -5.79. The molecular formula is C53H64F2N10O9. The van der Waals surface area contributed by atoms with E-state index in [1.807, 2.05) is 33.8 Å². The van der Waals surface area contributed by atoms with Crippen LogP contribution in [0.15, 0.2) is 79.1 Å². The summed E-state index contributed by atoms with van der Waals surface area (Å²) in [6, 6.07) is 13.8. The molecule has 6 rings (SSSR count). The SMILES string of the molecule is Cc1c(CCOc2c(-c3ccc4ncc(CN(C)C(=O)CCNC(=O)C(Cc5ccccc5)NC(=O)CNC(=O)CNC(=O)CCCCCN5C(=O)C=CC5=O)n4c3)ccc(F)c2F)c(C(O)C(C)(C)C)nn1C. The number of halogens is 2. The van der Waals surface area contributed by atoms with Gasteiger partial charge in [-0.1, -0.05) is 57.5 Å². The molecule has 0 aliphatic carbocycles. The number of imidazole rings is 1. The van der Waals surface area contributed by atoms with Crippen molar-refractivity contribution < 1.29 is 52.2 Å². The fraction of sp³-hybridized carbons (Fsp3) is 0.415. The second kappa shape index (κ2) is 25.2. The van der Waals surface area contributed by atoms with Gasteiger partial charge in [-0.15, -0.1) is 0 Å². The van der Waals surface area contributed by atoms with Crippen molar-refractivity contribution in [3.63, 3.8) is 0 Å². The van der Waals surface area contributed by atoms with Crippen LogP contribution in [0.4, 0.5) is 8.78 Å². The molecule has 0 fully saturated rings. The second-order valence-corrected chi connectivity index (χ2v) is 19.2. The Labute approximate surface area is 427 Å². The Hall–Kier alpha value is -7.81. The van der Waals surface area contributed by atoms with E-state index in [1.54, 1.807) is 72.0 Å². The minimum absolute atomic E-state index is 0.0398. The Morgan fingerprint density at radius 3 is 2.28 bits per heavy atom. The van der Waals surface area contributed by atoms with E-state index in [9.17, 15) is 43.1 Å². The van der Waals surface area contributed by atoms with Crippen LogP contribution in [-0.4, -0.2) is 121 Å². The molecule has 2 atom stereocenters. The molecule has 0 saturated carbocycles. The fourth-order valence-electron chi connectivity index (χ4n) is 8.21. The predicted octanol–water partition coefficient (Wildman–Crippen LogP) is 3.93. The first kappa shape index (κ1) is 55.5. The largest absolute Gasteiger partial charge is 0.489 e. The molecule has 0 spiro atoms. The van der Waals surface area contributed by atoms with Gasteiger partial charge in [-0.2, -0.15) is 9.49 Å². The lowest BCUT2D eigenvalue weighted by molar-refractivity contribution is -0.137. The van der Waals surface area contributed by atoms with Gasteiger partial charge in [-0.05, 0) is 55.0 Å². The van der Waals surface area contributed by atoms with Crippen molar-refractivity contribution in [1.29, 1.82) is 0 Å². The lowest BCUT2D eigenvalue weighted by Crippen LogP contribution is -2.51. The van der Waals surface area contributed by atoms with E-state index in [0.29, 0.717) is 41.9 Å². The molecule has 7 amide bonds. The third kappa shape index (κ3) is 14.7. The van der Waals surface area contributed by atoms with Crippen LogP contribution in [0.3, 0.4) is 0 Å². The topological polar surface area (TPSA) is 239 Å². The Balaban J connectivity index is 0.991. The third-order valence-electron chi connectivity index (χ3n) is 12.6. The Morgan fingerprint density at radius 2 is 1.57 bits per heavy atom. The zero-order valence-corrected chi connectivity index (χ0v) is 42.5.